The molecule has 0 aromatic carbocycles. The SMILES string of the molecule is C=C1C(=O)C([Si](C)(C)C)=C2C(=O)CCC12. The molecular formula is C12H16O2Si. The Hall–Kier alpha value is -0.963. The van der Waals surface area contributed by atoms with Gasteiger partial charge in [-0.2, -0.15) is 0 Å². The molecule has 0 saturated heterocycles. The van der Waals surface area contributed by atoms with E-state index >= 15 is 0 Å². The van der Waals surface area contributed by atoms with Crippen molar-refractivity contribution in [2.75, 3.05) is 0 Å². The first kappa shape index (κ1) is 10.6. The maximum Gasteiger partial charge on any atom is 0.181 e. The lowest BCUT2D eigenvalue weighted by Crippen LogP contribution is -2.29. The lowest BCUT2D eigenvalue weighted by Gasteiger charge is -2.17. The maximum atomic E-state index is 12.0. The van der Waals surface area contributed by atoms with Gasteiger partial charge in [0.05, 0.1) is 8.07 Å². The highest BCUT2D eigenvalue weighted by molar-refractivity contribution is 6.88. The Morgan fingerprint density at radius 2 is 1.87 bits per heavy atom. The quantitative estimate of drug-likeness (QED) is 0.502. The highest BCUT2D eigenvalue weighted by atomic mass is 28.3. The molecule has 15 heavy (non-hydrogen) atoms. The van der Waals surface area contributed by atoms with Crippen LogP contribution in [0.15, 0.2) is 22.9 Å². The van der Waals surface area contributed by atoms with Crippen LogP contribution in [0.2, 0.25) is 19.6 Å². The van der Waals surface area contributed by atoms with Gasteiger partial charge in [0, 0.05) is 17.9 Å². The number of allylic oxidation sites excluding steroid dienone is 3. The van der Waals surface area contributed by atoms with Crippen LogP contribution in [0.5, 0.6) is 0 Å². The van der Waals surface area contributed by atoms with E-state index < -0.39 is 8.07 Å². The summed E-state index contributed by atoms with van der Waals surface area (Å²) in [6.07, 6.45) is 1.40. The van der Waals surface area contributed by atoms with E-state index in [0.29, 0.717) is 12.0 Å². The van der Waals surface area contributed by atoms with Crippen LogP contribution in [-0.2, 0) is 9.59 Å². The molecule has 1 saturated carbocycles. The van der Waals surface area contributed by atoms with Gasteiger partial charge in [-0.1, -0.05) is 26.2 Å². The topological polar surface area (TPSA) is 34.1 Å². The summed E-state index contributed by atoms with van der Waals surface area (Å²) in [7, 11) is -1.71. The van der Waals surface area contributed by atoms with Crippen molar-refractivity contribution in [3.05, 3.63) is 22.9 Å². The van der Waals surface area contributed by atoms with Crippen molar-refractivity contribution >= 4 is 19.6 Å². The molecule has 3 heteroatoms. The standard InChI is InChI=1S/C12H16O2Si/c1-7-8-5-6-9(13)10(8)12(11(7)14)15(2,3)4/h8H,1,5-6H2,2-4H3. The van der Waals surface area contributed by atoms with E-state index in [-0.39, 0.29) is 17.5 Å². The number of carbonyl (C=O) groups excluding carboxylic acids is 2. The molecule has 0 N–H and O–H groups in total. The molecule has 1 fully saturated rings. The van der Waals surface area contributed by atoms with Gasteiger partial charge in [-0.05, 0) is 17.2 Å². The van der Waals surface area contributed by atoms with Crippen LogP contribution in [0.4, 0.5) is 0 Å². The molecule has 0 aromatic heterocycles. The zero-order valence-electron chi connectivity index (χ0n) is 9.52. The van der Waals surface area contributed by atoms with E-state index in [1.807, 2.05) is 0 Å². The Labute approximate surface area is 91.1 Å². The molecule has 0 amide bonds. The van der Waals surface area contributed by atoms with Crippen molar-refractivity contribution < 1.29 is 9.59 Å². The number of carbonyl (C=O) groups is 2. The summed E-state index contributed by atoms with van der Waals surface area (Å²) in [5.41, 5.74) is 1.48. The number of hydrogen-bond donors (Lipinski definition) is 0. The van der Waals surface area contributed by atoms with Crippen LogP contribution >= 0.6 is 0 Å². The second kappa shape index (κ2) is 3.01. The molecule has 0 radical (unpaired) electrons. The van der Waals surface area contributed by atoms with Crippen molar-refractivity contribution in [1.29, 1.82) is 0 Å². The molecule has 0 aromatic rings. The molecule has 0 spiro atoms. The van der Waals surface area contributed by atoms with E-state index in [1.54, 1.807) is 0 Å². The molecule has 80 valence electrons. The van der Waals surface area contributed by atoms with Gasteiger partial charge in [0.2, 0.25) is 0 Å². The summed E-state index contributed by atoms with van der Waals surface area (Å²) in [5, 5.41) is 0.847. The van der Waals surface area contributed by atoms with Crippen LogP contribution < -0.4 is 0 Å². The highest BCUT2D eigenvalue weighted by Crippen LogP contribution is 2.44. The second-order valence-electron chi connectivity index (χ2n) is 5.41. The predicted octanol–water partition coefficient (Wildman–Crippen LogP) is 2.28. The Bertz CT molecular complexity index is 410. The summed E-state index contributed by atoms with van der Waals surface area (Å²) >= 11 is 0. The van der Waals surface area contributed by atoms with Crippen LogP contribution in [0.1, 0.15) is 12.8 Å². The minimum Gasteiger partial charge on any atom is -0.295 e. The van der Waals surface area contributed by atoms with Crippen molar-refractivity contribution in [2.24, 2.45) is 5.92 Å². The van der Waals surface area contributed by atoms with Crippen molar-refractivity contribution in [3.8, 4) is 0 Å². The van der Waals surface area contributed by atoms with Gasteiger partial charge >= 0.3 is 0 Å². The van der Waals surface area contributed by atoms with Gasteiger partial charge in [0.25, 0.3) is 0 Å². The van der Waals surface area contributed by atoms with E-state index in [1.165, 1.54) is 0 Å². The van der Waals surface area contributed by atoms with Crippen LogP contribution in [-0.4, -0.2) is 19.6 Å². The fourth-order valence-electron chi connectivity index (χ4n) is 2.60. The summed E-state index contributed by atoms with van der Waals surface area (Å²) in [6.45, 7) is 10.2. The molecule has 2 nitrogen and oxygen atoms in total. The molecule has 2 aliphatic carbocycles. The van der Waals surface area contributed by atoms with Gasteiger partial charge in [0.15, 0.2) is 11.6 Å². The normalized spacial score (nSPS) is 26.6. The zero-order valence-corrected chi connectivity index (χ0v) is 10.5. The van der Waals surface area contributed by atoms with Crippen molar-refractivity contribution in [3.63, 3.8) is 0 Å². The molecule has 2 rings (SSSR count). The number of Topliss-reactive ketones (excluding diaryl/α,β-unsaturated/α-hetero) is 2. The average molecular weight is 220 g/mol. The van der Waals surface area contributed by atoms with E-state index in [4.69, 9.17) is 0 Å². The first-order chi connectivity index (χ1) is 6.84. The minimum absolute atomic E-state index is 0.0618. The third-order valence-electron chi connectivity index (χ3n) is 3.27. The smallest absolute Gasteiger partial charge is 0.181 e. The van der Waals surface area contributed by atoms with Crippen molar-refractivity contribution in [1.82, 2.24) is 0 Å². The minimum atomic E-state index is -1.71. The van der Waals surface area contributed by atoms with Gasteiger partial charge < -0.3 is 0 Å². The summed E-state index contributed by atoms with van der Waals surface area (Å²) < 4.78 is 0. The molecule has 0 heterocycles. The summed E-state index contributed by atoms with van der Waals surface area (Å²) in [5.74, 6) is 0.318. The Balaban J connectivity index is 2.62. The van der Waals surface area contributed by atoms with Crippen molar-refractivity contribution in [2.45, 2.75) is 32.5 Å². The Morgan fingerprint density at radius 3 is 2.40 bits per heavy atom. The van der Waals surface area contributed by atoms with Gasteiger partial charge in [-0.15, -0.1) is 0 Å². The fourth-order valence-corrected chi connectivity index (χ4v) is 4.56. The van der Waals surface area contributed by atoms with Crippen LogP contribution in [0.25, 0.3) is 0 Å². The lowest BCUT2D eigenvalue weighted by molar-refractivity contribution is -0.115. The fraction of sp³-hybridized carbons (Fsp3) is 0.500. The van der Waals surface area contributed by atoms with E-state index in [9.17, 15) is 9.59 Å². The second-order valence-corrected chi connectivity index (χ2v) is 10.4. The molecule has 1 atom stereocenters. The van der Waals surface area contributed by atoms with E-state index in [2.05, 4.69) is 26.2 Å². The molecule has 0 aliphatic heterocycles. The maximum absolute atomic E-state index is 12.0. The number of fused-ring (bicyclic) bond motifs is 1. The Morgan fingerprint density at radius 1 is 1.27 bits per heavy atom. The highest BCUT2D eigenvalue weighted by Gasteiger charge is 2.46. The zero-order chi connectivity index (χ0) is 11.4. The number of ketones is 2. The van der Waals surface area contributed by atoms with Gasteiger partial charge in [-0.3, -0.25) is 9.59 Å². The van der Waals surface area contributed by atoms with Crippen LogP contribution in [0.3, 0.4) is 0 Å². The number of hydrogen-bond acceptors (Lipinski definition) is 2. The number of rotatable bonds is 1. The van der Waals surface area contributed by atoms with Crippen LogP contribution in [0, 0.1) is 5.92 Å². The summed E-state index contributed by atoms with van der Waals surface area (Å²) in [4.78, 5) is 23.8. The van der Waals surface area contributed by atoms with Gasteiger partial charge in [0.1, 0.15) is 0 Å². The molecular weight excluding hydrogens is 204 g/mol. The first-order valence-electron chi connectivity index (χ1n) is 5.35. The third-order valence-corrected chi connectivity index (χ3v) is 5.26. The monoisotopic (exact) mass is 220 g/mol. The van der Waals surface area contributed by atoms with E-state index in [0.717, 1.165) is 17.2 Å². The largest absolute Gasteiger partial charge is 0.295 e. The predicted molar refractivity (Wildman–Crippen MR) is 62.3 cm³/mol. The average Bonchev–Trinajstić information content (AvgIpc) is 2.55. The molecule has 2 aliphatic rings. The Kier molecular flexibility index (Phi) is 2.12. The summed E-state index contributed by atoms with van der Waals surface area (Å²) in [6, 6.07) is 0. The molecule has 1 unspecified atom stereocenters. The molecule has 0 bridgehead atoms. The first-order valence-corrected chi connectivity index (χ1v) is 8.85. The lowest BCUT2D eigenvalue weighted by atomic mass is 10.0. The third kappa shape index (κ3) is 1.37. The van der Waals surface area contributed by atoms with Gasteiger partial charge in [-0.25, -0.2) is 0 Å².